The van der Waals surface area contributed by atoms with Gasteiger partial charge < -0.3 is 10.1 Å². The fourth-order valence-electron chi connectivity index (χ4n) is 3.19. The summed E-state index contributed by atoms with van der Waals surface area (Å²) in [5.74, 6) is -0.115. The van der Waals surface area contributed by atoms with Crippen molar-refractivity contribution in [2.45, 2.75) is 45.7 Å². The molecule has 1 aliphatic heterocycles. The number of nitrogens with zero attached hydrogens (tertiary/aromatic N) is 5. The second-order valence-corrected chi connectivity index (χ2v) is 6.50. The standard InChI is InChI=1S/C17H24N6O2/c1-13-8-22(9-14(2)25-13)10-16-6-4-3-5-15(16)7-18-17(24)11-23-12-19-20-21-23/h3-6,12-14H,7-11H2,1-2H3,(H,18,24)/t13-,14+. The van der Waals surface area contributed by atoms with E-state index < -0.39 is 0 Å². The van der Waals surface area contributed by atoms with E-state index in [0.717, 1.165) is 25.2 Å². The minimum absolute atomic E-state index is 0.115. The Balaban J connectivity index is 1.58. The highest BCUT2D eigenvalue weighted by Crippen LogP contribution is 2.17. The molecule has 1 N–H and O–H groups in total. The zero-order valence-electron chi connectivity index (χ0n) is 14.6. The highest BCUT2D eigenvalue weighted by molar-refractivity contribution is 5.75. The highest BCUT2D eigenvalue weighted by atomic mass is 16.5. The Labute approximate surface area is 147 Å². The van der Waals surface area contributed by atoms with Crippen LogP contribution in [0.1, 0.15) is 25.0 Å². The average molecular weight is 344 g/mol. The number of amides is 1. The number of carbonyl (C=O) groups excluding carboxylic acids is 1. The van der Waals surface area contributed by atoms with Gasteiger partial charge in [0.05, 0.1) is 12.2 Å². The first-order valence-electron chi connectivity index (χ1n) is 8.52. The minimum Gasteiger partial charge on any atom is -0.373 e. The molecule has 2 atom stereocenters. The quantitative estimate of drug-likeness (QED) is 0.826. The lowest BCUT2D eigenvalue weighted by molar-refractivity contribution is -0.122. The number of morpholine rings is 1. The lowest BCUT2D eigenvalue weighted by Crippen LogP contribution is -2.45. The van der Waals surface area contributed by atoms with E-state index in [4.69, 9.17) is 4.74 Å². The fraction of sp³-hybridized carbons (Fsp3) is 0.529. The van der Waals surface area contributed by atoms with Crippen molar-refractivity contribution in [2.24, 2.45) is 0 Å². The Morgan fingerprint density at radius 3 is 2.64 bits per heavy atom. The van der Waals surface area contributed by atoms with Crippen LogP contribution in [0.4, 0.5) is 0 Å². The molecule has 0 saturated carbocycles. The number of benzene rings is 1. The van der Waals surface area contributed by atoms with Gasteiger partial charge in [0, 0.05) is 26.2 Å². The molecule has 0 unspecified atom stereocenters. The molecule has 8 heteroatoms. The van der Waals surface area contributed by atoms with Crippen LogP contribution in [0, 0.1) is 0 Å². The third-order valence-corrected chi connectivity index (χ3v) is 4.18. The van der Waals surface area contributed by atoms with Crippen molar-refractivity contribution in [2.75, 3.05) is 13.1 Å². The van der Waals surface area contributed by atoms with Gasteiger partial charge in [0.2, 0.25) is 5.91 Å². The molecule has 1 fully saturated rings. The number of ether oxygens (including phenoxy) is 1. The number of aromatic nitrogens is 4. The minimum atomic E-state index is -0.115. The summed E-state index contributed by atoms with van der Waals surface area (Å²) in [6.07, 6.45) is 1.91. The molecule has 0 radical (unpaired) electrons. The Hall–Kier alpha value is -2.32. The third-order valence-electron chi connectivity index (χ3n) is 4.18. The Bertz CT molecular complexity index is 680. The van der Waals surface area contributed by atoms with E-state index in [9.17, 15) is 4.79 Å². The SMILES string of the molecule is C[C@@H]1CN(Cc2ccccc2CNC(=O)Cn2cnnn2)C[C@H](C)O1. The summed E-state index contributed by atoms with van der Waals surface area (Å²) in [7, 11) is 0. The van der Waals surface area contributed by atoms with Crippen LogP contribution in [0.5, 0.6) is 0 Å². The van der Waals surface area contributed by atoms with Crippen molar-refractivity contribution < 1.29 is 9.53 Å². The molecule has 1 aromatic heterocycles. The lowest BCUT2D eigenvalue weighted by Gasteiger charge is -2.35. The summed E-state index contributed by atoms with van der Waals surface area (Å²) in [5, 5.41) is 13.7. The van der Waals surface area contributed by atoms with Crippen molar-refractivity contribution >= 4 is 5.91 Å². The number of hydrogen-bond acceptors (Lipinski definition) is 6. The first-order valence-corrected chi connectivity index (χ1v) is 8.52. The molecule has 2 heterocycles. The Morgan fingerprint density at radius 1 is 1.24 bits per heavy atom. The average Bonchev–Trinajstić information content (AvgIpc) is 3.06. The van der Waals surface area contributed by atoms with Crippen LogP contribution in [0.3, 0.4) is 0 Å². The van der Waals surface area contributed by atoms with Crippen LogP contribution in [0.15, 0.2) is 30.6 Å². The number of rotatable bonds is 6. The summed E-state index contributed by atoms with van der Waals surface area (Å²) in [6, 6.07) is 8.21. The zero-order valence-corrected chi connectivity index (χ0v) is 14.6. The molecule has 134 valence electrons. The maximum Gasteiger partial charge on any atom is 0.242 e. The number of tetrazole rings is 1. The maximum atomic E-state index is 12.0. The van der Waals surface area contributed by atoms with Gasteiger partial charge in [-0.05, 0) is 35.4 Å². The fourth-order valence-corrected chi connectivity index (χ4v) is 3.19. The van der Waals surface area contributed by atoms with E-state index in [2.05, 4.69) is 51.7 Å². The molecule has 0 aliphatic carbocycles. The predicted octanol–water partition coefficient (Wildman–Crippen LogP) is 0.599. The predicted molar refractivity (Wildman–Crippen MR) is 91.4 cm³/mol. The molecule has 8 nitrogen and oxygen atoms in total. The highest BCUT2D eigenvalue weighted by Gasteiger charge is 2.22. The summed E-state index contributed by atoms with van der Waals surface area (Å²) in [5.41, 5.74) is 2.35. The van der Waals surface area contributed by atoms with E-state index in [1.807, 2.05) is 12.1 Å². The monoisotopic (exact) mass is 344 g/mol. The molecule has 1 amide bonds. The van der Waals surface area contributed by atoms with Gasteiger partial charge in [-0.2, -0.15) is 0 Å². The van der Waals surface area contributed by atoms with E-state index in [1.54, 1.807) is 0 Å². The molecule has 0 spiro atoms. The molecule has 2 aromatic rings. The van der Waals surface area contributed by atoms with Crippen LogP contribution >= 0.6 is 0 Å². The third kappa shape index (κ3) is 5.07. The first kappa shape index (κ1) is 17.5. The van der Waals surface area contributed by atoms with Crippen molar-refractivity contribution in [1.82, 2.24) is 30.4 Å². The molecular weight excluding hydrogens is 320 g/mol. The smallest absolute Gasteiger partial charge is 0.242 e. The van der Waals surface area contributed by atoms with Gasteiger partial charge in [-0.15, -0.1) is 5.10 Å². The number of carbonyl (C=O) groups is 1. The number of hydrogen-bond donors (Lipinski definition) is 1. The summed E-state index contributed by atoms with van der Waals surface area (Å²) >= 11 is 0. The van der Waals surface area contributed by atoms with Gasteiger partial charge in [-0.1, -0.05) is 24.3 Å². The Kier molecular flexibility index (Phi) is 5.72. The topological polar surface area (TPSA) is 85.2 Å². The summed E-state index contributed by atoms with van der Waals surface area (Å²) < 4.78 is 7.20. The summed E-state index contributed by atoms with van der Waals surface area (Å²) in [4.78, 5) is 14.4. The first-order chi connectivity index (χ1) is 12.1. The Morgan fingerprint density at radius 2 is 1.96 bits per heavy atom. The largest absolute Gasteiger partial charge is 0.373 e. The molecule has 3 rings (SSSR count). The zero-order chi connectivity index (χ0) is 17.6. The van der Waals surface area contributed by atoms with Crippen molar-refractivity contribution in [3.05, 3.63) is 41.7 Å². The lowest BCUT2D eigenvalue weighted by atomic mass is 10.1. The van der Waals surface area contributed by atoms with Gasteiger partial charge in [-0.3, -0.25) is 9.69 Å². The normalized spacial score (nSPS) is 21.2. The van der Waals surface area contributed by atoms with E-state index in [1.165, 1.54) is 16.6 Å². The van der Waals surface area contributed by atoms with E-state index in [0.29, 0.717) is 6.54 Å². The van der Waals surface area contributed by atoms with Crippen LogP contribution in [0.2, 0.25) is 0 Å². The van der Waals surface area contributed by atoms with Crippen molar-refractivity contribution in [1.29, 1.82) is 0 Å². The molecule has 25 heavy (non-hydrogen) atoms. The molecule has 1 aliphatic rings. The second kappa shape index (κ2) is 8.17. The van der Waals surface area contributed by atoms with Crippen molar-refractivity contribution in [3.63, 3.8) is 0 Å². The van der Waals surface area contributed by atoms with Gasteiger partial charge in [0.15, 0.2) is 0 Å². The van der Waals surface area contributed by atoms with Gasteiger partial charge in [0.1, 0.15) is 12.9 Å². The molecule has 1 aromatic carbocycles. The van der Waals surface area contributed by atoms with Crippen molar-refractivity contribution in [3.8, 4) is 0 Å². The van der Waals surface area contributed by atoms with E-state index >= 15 is 0 Å². The maximum absolute atomic E-state index is 12.0. The van der Waals surface area contributed by atoms with Crippen LogP contribution < -0.4 is 5.32 Å². The second-order valence-electron chi connectivity index (χ2n) is 6.50. The molecular formula is C17H24N6O2. The summed E-state index contributed by atoms with van der Waals surface area (Å²) in [6.45, 7) is 7.52. The number of nitrogens with one attached hydrogen (secondary N) is 1. The molecule has 1 saturated heterocycles. The van der Waals surface area contributed by atoms with Crippen LogP contribution in [0.25, 0.3) is 0 Å². The van der Waals surface area contributed by atoms with Gasteiger partial charge >= 0.3 is 0 Å². The van der Waals surface area contributed by atoms with Gasteiger partial charge in [0.25, 0.3) is 0 Å². The van der Waals surface area contributed by atoms with Crippen LogP contribution in [-0.4, -0.2) is 56.3 Å². The van der Waals surface area contributed by atoms with Gasteiger partial charge in [-0.25, -0.2) is 4.68 Å². The van der Waals surface area contributed by atoms with E-state index in [-0.39, 0.29) is 24.7 Å². The van der Waals surface area contributed by atoms with Crippen LogP contribution in [-0.2, 0) is 29.2 Å². The molecule has 0 bridgehead atoms.